The van der Waals surface area contributed by atoms with Crippen molar-refractivity contribution < 1.29 is 9.47 Å². The lowest BCUT2D eigenvalue weighted by atomic mass is 10.0. The van der Waals surface area contributed by atoms with Gasteiger partial charge < -0.3 is 9.47 Å². The summed E-state index contributed by atoms with van der Waals surface area (Å²) in [5.74, 6) is 0.515. The summed E-state index contributed by atoms with van der Waals surface area (Å²) >= 11 is 3.60. The standard InChI is InChI=1S/C12H23BrO2/c1-10(2)11(8-14-3)15-12(9-13)6-4-5-7-12/h10-11H,4-9H2,1-3H3. The molecule has 0 saturated heterocycles. The minimum absolute atomic E-state index is 0.0769. The molecule has 1 atom stereocenters. The van der Waals surface area contributed by atoms with Gasteiger partial charge in [-0.2, -0.15) is 0 Å². The molecule has 1 rings (SSSR count). The van der Waals surface area contributed by atoms with E-state index in [0.29, 0.717) is 12.5 Å². The maximum absolute atomic E-state index is 6.28. The predicted molar refractivity (Wildman–Crippen MR) is 66.6 cm³/mol. The van der Waals surface area contributed by atoms with E-state index in [1.165, 1.54) is 25.7 Å². The van der Waals surface area contributed by atoms with Crippen LogP contribution in [0.2, 0.25) is 0 Å². The second kappa shape index (κ2) is 6.21. The number of hydrogen-bond acceptors (Lipinski definition) is 2. The molecule has 0 heterocycles. The van der Waals surface area contributed by atoms with Gasteiger partial charge in [-0.25, -0.2) is 0 Å². The van der Waals surface area contributed by atoms with Gasteiger partial charge in [0.25, 0.3) is 0 Å². The fourth-order valence-electron chi connectivity index (χ4n) is 2.15. The Balaban J connectivity index is 2.54. The van der Waals surface area contributed by atoms with Crippen molar-refractivity contribution in [1.29, 1.82) is 0 Å². The summed E-state index contributed by atoms with van der Waals surface area (Å²) in [4.78, 5) is 0. The zero-order valence-electron chi connectivity index (χ0n) is 10.1. The van der Waals surface area contributed by atoms with E-state index in [-0.39, 0.29) is 11.7 Å². The van der Waals surface area contributed by atoms with Gasteiger partial charge in [0.15, 0.2) is 0 Å². The van der Waals surface area contributed by atoms with Crippen LogP contribution in [0.1, 0.15) is 39.5 Å². The molecule has 0 aliphatic heterocycles. The molecule has 0 bridgehead atoms. The molecule has 1 aliphatic rings. The molecule has 1 unspecified atom stereocenters. The van der Waals surface area contributed by atoms with Crippen molar-refractivity contribution in [3.63, 3.8) is 0 Å². The Morgan fingerprint density at radius 1 is 1.27 bits per heavy atom. The average molecular weight is 279 g/mol. The van der Waals surface area contributed by atoms with E-state index in [1.807, 2.05) is 0 Å². The second-order valence-corrected chi connectivity index (χ2v) is 5.44. The highest BCUT2D eigenvalue weighted by Gasteiger charge is 2.36. The Kier molecular flexibility index (Phi) is 5.58. The molecule has 90 valence electrons. The lowest BCUT2D eigenvalue weighted by molar-refractivity contribution is -0.115. The predicted octanol–water partition coefficient (Wildman–Crippen LogP) is 3.38. The Morgan fingerprint density at radius 3 is 2.27 bits per heavy atom. The Hall–Kier alpha value is 0.400. The highest BCUT2D eigenvalue weighted by molar-refractivity contribution is 9.09. The highest BCUT2D eigenvalue weighted by atomic mass is 79.9. The van der Waals surface area contributed by atoms with Crippen molar-refractivity contribution in [2.45, 2.75) is 51.2 Å². The van der Waals surface area contributed by atoms with Crippen molar-refractivity contribution in [1.82, 2.24) is 0 Å². The smallest absolute Gasteiger partial charge is 0.0839 e. The topological polar surface area (TPSA) is 18.5 Å². The molecular formula is C12H23BrO2. The van der Waals surface area contributed by atoms with E-state index >= 15 is 0 Å². The zero-order chi connectivity index (χ0) is 11.3. The van der Waals surface area contributed by atoms with Crippen LogP contribution in [-0.2, 0) is 9.47 Å². The number of halogens is 1. The van der Waals surface area contributed by atoms with Crippen molar-refractivity contribution >= 4 is 15.9 Å². The van der Waals surface area contributed by atoms with Crippen LogP contribution in [0.3, 0.4) is 0 Å². The maximum Gasteiger partial charge on any atom is 0.0839 e. The molecule has 0 radical (unpaired) electrons. The van der Waals surface area contributed by atoms with Gasteiger partial charge in [0.1, 0.15) is 0 Å². The first-order chi connectivity index (χ1) is 7.13. The molecule has 0 amide bonds. The van der Waals surface area contributed by atoms with Gasteiger partial charge >= 0.3 is 0 Å². The monoisotopic (exact) mass is 278 g/mol. The zero-order valence-corrected chi connectivity index (χ0v) is 11.7. The minimum atomic E-state index is 0.0769. The number of alkyl halides is 1. The summed E-state index contributed by atoms with van der Waals surface area (Å²) in [6.07, 6.45) is 5.19. The third kappa shape index (κ3) is 3.72. The third-order valence-electron chi connectivity index (χ3n) is 3.23. The summed E-state index contributed by atoms with van der Waals surface area (Å²) in [7, 11) is 1.74. The normalized spacial score (nSPS) is 22.2. The Morgan fingerprint density at radius 2 is 1.87 bits per heavy atom. The highest BCUT2D eigenvalue weighted by Crippen LogP contribution is 2.36. The van der Waals surface area contributed by atoms with Gasteiger partial charge in [0.05, 0.1) is 18.3 Å². The van der Waals surface area contributed by atoms with Crippen LogP contribution in [0.25, 0.3) is 0 Å². The molecule has 0 aromatic carbocycles. The SMILES string of the molecule is COCC(OC1(CBr)CCCC1)C(C)C. The van der Waals surface area contributed by atoms with E-state index in [0.717, 1.165) is 5.33 Å². The van der Waals surface area contributed by atoms with Gasteiger partial charge in [-0.15, -0.1) is 0 Å². The van der Waals surface area contributed by atoms with E-state index in [1.54, 1.807) is 7.11 Å². The van der Waals surface area contributed by atoms with Crippen LogP contribution in [0.15, 0.2) is 0 Å². The van der Waals surface area contributed by atoms with Crippen LogP contribution in [0.5, 0.6) is 0 Å². The second-order valence-electron chi connectivity index (χ2n) is 4.88. The average Bonchev–Trinajstić information content (AvgIpc) is 2.66. The van der Waals surface area contributed by atoms with Crippen LogP contribution >= 0.6 is 15.9 Å². The molecule has 1 saturated carbocycles. The number of ether oxygens (including phenoxy) is 2. The lowest BCUT2D eigenvalue weighted by Crippen LogP contribution is -2.39. The number of hydrogen-bond donors (Lipinski definition) is 0. The van der Waals surface area contributed by atoms with Crippen LogP contribution in [-0.4, -0.2) is 30.8 Å². The van der Waals surface area contributed by atoms with Gasteiger partial charge in [-0.05, 0) is 18.8 Å². The molecular weight excluding hydrogens is 256 g/mol. The number of methoxy groups -OCH3 is 1. The van der Waals surface area contributed by atoms with Crippen LogP contribution in [0.4, 0.5) is 0 Å². The maximum atomic E-state index is 6.28. The largest absolute Gasteiger partial charge is 0.382 e. The fourth-order valence-corrected chi connectivity index (χ4v) is 2.84. The van der Waals surface area contributed by atoms with E-state index in [2.05, 4.69) is 29.8 Å². The first-order valence-electron chi connectivity index (χ1n) is 5.86. The summed E-state index contributed by atoms with van der Waals surface area (Å²) < 4.78 is 11.5. The Labute approximate surface area is 102 Å². The molecule has 2 nitrogen and oxygen atoms in total. The summed E-state index contributed by atoms with van der Waals surface area (Å²) in [5, 5.41) is 0.951. The first kappa shape index (κ1) is 13.5. The molecule has 1 fully saturated rings. The molecule has 0 N–H and O–H groups in total. The fraction of sp³-hybridized carbons (Fsp3) is 1.00. The van der Waals surface area contributed by atoms with Gasteiger partial charge in [-0.3, -0.25) is 0 Å². The summed E-state index contributed by atoms with van der Waals surface area (Å²) in [5.41, 5.74) is 0.0769. The molecule has 0 spiro atoms. The van der Waals surface area contributed by atoms with Crippen molar-refractivity contribution in [2.75, 3.05) is 19.0 Å². The van der Waals surface area contributed by atoms with Crippen molar-refractivity contribution in [2.24, 2.45) is 5.92 Å². The quantitative estimate of drug-likeness (QED) is 0.694. The van der Waals surface area contributed by atoms with Gasteiger partial charge in [0.2, 0.25) is 0 Å². The number of rotatable bonds is 6. The third-order valence-corrected chi connectivity index (χ3v) is 4.26. The lowest BCUT2D eigenvalue weighted by Gasteiger charge is -2.34. The Bertz CT molecular complexity index is 176. The first-order valence-corrected chi connectivity index (χ1v) is 6.98. The van der Waals surface area contributed by atoms with E-state index in [4.69, 9.17) is 9.47 Å². The molecule has 3 heteroatoms. The van der Waals surface area contributed by atoms with Crippen LogP contribution < -0.4 is 0 Å². The summed E-state index contributed by atoms with van der Waals surface area (Å²) in [6.45, 7) is 5.09. The molecule has 0 aromatic heterocycles. The molecule has 0 aromatic rings. The molecule has 15 heavy (non-hydrogen) atoms. The van der Waals surface area contributed by atoms with Gasteiger partial charge in [0, 0.05) is 12.4 Å². The van der Waals surface area contributed by atoms with E-state index < -0.39 is 0 Å². The molecule has 1 aliphatic carbocycles. The van der Waals surface area contributed by atoms with E-state index in [9.17, 15) is 0 Å². The summed E-state index contributed by atoms with van der Waals surface area (Å²) in [6, 6.07) is 0. The van der Waals surface area contributed by atoms with Crippen molar-refractivity contribution in [3.8, 4) is 0 Å². The van der Waals surface area contributed by atoms with Crippen molar-refractivity contribution in [3.05, 3.63) is 0 Å². The van der Waals surface area contributed by atoms with Crippen LogP contribution in [0, 0.1) is 5.92 Å². The van der Waals surface area contributed by atoms with Gasteiger partial charge in [-0.1, -0.05) is 42.6 Å². The minimum Gasteiger partial charge on any atom is -0.382 e.